The summed E-state index contributed by atoms with van der Waals surface area (Å²) in [4.78, 5) is 2.45. The molecular weight excluding hydrogens is 302 g/mol. The minimum Gasteiger partial charge on any atom is -0.497 e. The van der Waals surface area contributed by atoms with E-state index in [1.807, 2.05) is 6.07 Å². The van der Waals surface area contributed by atoms with E-state index in [2.05, 4.69) is 47.4 Å². The zero-order chi connectivity index (χ0) is 16.8. The number of aliphatic hydroxyl groups is 1. The average Bonchev–Trinajstić information content (AvgIpc) is 2.64. The van der Waals surface area contributed by atoms with Crippen LogP contribution in [-0.2, 0) is 17.7 Å². The summed E-state index contributed by atoms with van der Waals surface area (Å²) in [5.74, 6) is 0.906. The Morgan fingerprint density at radius 3 is 2.67 bits per heavy atom. The molecule has 2 aromatic carbocycles. The van der Waals surface area contributed by atoms with Gasteiger partial charge in [-0.1, -0.05) is 36.4 Å². The fourth-order valence-corrected chi connectivity index (χ4v) is 3.33. The molecule has 4 heteroatoms. The largest absolute Gasteiger partial charge is 0.497 e. The van der Waals surface area contributed by atoms with Crippen molar-refractivity contribution in [2.45, 2.75) is 19.0 Å². The fraction of sp³-hybridized carbons (Fsp3) is 0.400. The second kappa shape index (κ2) is 8.29. The number of benzene rings is 2. The van der Waals surface area contributed by atoms with Gasteiger partial charge in [0.25, 0.3) is 0 Å². The third-order valence-corrected chi connectivity index (χ3v) is 4.58. The second-order valence-corrected chi connectivity index (χ2v) is 6.07. The first-order valence-electron chi connectivity index (χ1n) is 8.45. The van der Waals surface area contributed by atoms with E-state index in [9.17, 15) is 0 Å². The van der Waals surface area contributed by atoms with Crippen LogP contribution in [-0.4, -0.2) is 43.5 Å². The number of methoxy groups -OCH3 is 1. The molecule has 1 aliphatic rings. The molecule has 128 valence electrons. The van der Waals surface area contributed by atoms with Gasteiger partial charge in [-0.3, -0.25) is 4.90 Å². The van der Waals surface area contributed by atoms with E-state index in [1.54, 1.807) is 7.11 Å². The van der Waals surface area contributed by atoms with Gasteiger partial charge in [0.1, 0.15) is 5.75 Å². The predicted molar refractivity (Wildman–Crippen MR) is 94.2 cm³/mol. The number of ether oxygens (including phenoxy) is 2. The summed E-state index contributed by atoms with van der Waals surface area (Å²) in [6.45, 7) is 2.82. The van der Waals surface area contributed by atoms with Crippen LogP contribution in [0, 0.1) is 0 Å². The first-order chi connectivity index (χ1) is 11.8. The minimum atomic E-state index is 0.0716. The van der Waals surface area contributed by atoms with E-state index in [0.717, 1.165) is 25.3 Å². The van der Waals surface area contributed by atoms with Gasteiger partial charge in [0.15, 0.2) is 0 Å². The summed E-state index contributed by atoms with van der Waals surface area (Å²) in [7, 11) is 1.71. The molecule has 1 heterocycles. The van der Waals surface area contributed by atoms with E-state index in [0.29, 0.717) is 19.3 Å². The predicted octanol–water partition coefficient (Wildman–Crippen LogP) is 2.80. The van der Waals surface area contributed by atoms with Crippen LogP contribution in [0.5, 0.6) is 5.75 Å². The molecule has 0 bridgehead atoms. The van der Waals surface area contributed by atoms with Crippen molar-refractivity contribution in [2.75, 3.05) is 33.5 Å². The summed E-state index contributed by atoms with van der Waals surface area (Å²) in [6, 6.07) is 17.4. The van der Waals surface area contributed by atoms with Crippen molar-refractivity contribution >= 4 is 0 Å². The Morgan fingerprint density at radius 2 is 1.92 bits per heavy atom. The van der Waals surface area contributed by atoms with Crippen LogP contribution in [0.4, 0.5) is 0 Å². The first kappa shape index (κ1) is 17.0. The van der Waals surface area contributed by atoms with Crippen molar-refractivity contribution < 1.29 is 14.6 Å². The molecule has 4 nitrogen and oxygen atoms in total. The molecule has 1 N–H and O–H groups in total. The molecule has 1 atom stereocenters. The van der Waals surface area contributed by atoms with Crippen molar-refractivity contribution in [3.63, 3.8) is 0 Å². The molecule has 3 rings (SSSR count). The third-order valence-electron chi connectivity index (χ3n) is 4.58. The van der Waals surface area contributed by atoms with Crippen LogP contribution in [0.1, 0.15) is 22.7 Å². The SMILES string of the molecule is COc1ccc2c(c1)CN(CCOCCO)C(c1ccccc1)C2. The second-order valence-electron chi connectivity index (χ2n) is 6.07. The van der Waals surface area contributed by atoms with E-state index in [-0.39, 0.29) is 6.61 Å². The highest BCUT2D eigenvalue weighted by Crippen LogP contribution is 2.34. The number of rotatable bonds is 7. The zero-order valence-corrected chi connectivity index (χ0v) is 14.1. The van der Waals surface area contributed by atoms with Gasteiger partial charge in [-0.15, -0.1) is 0 Å². The highest BCUT2D eigenvalue weighted by atomic mass is 16.5. The average molecular weight is 327 g/mol. The maximum atomic E-state index is 8.87. The fourth-order valence-electron chi connectivity index (χ4n) is 3.33. The van der Waals surface area contributed by atoms with Crippen molar-refractivity contribution in [1.29, 1.82) is 0 Å². The number of aliphatic hydroxyl groups excluding tert-OH is 1. The summed E-state index contributed by atoms with van der Waals surface area (Å²) >= 11 is 0. The maximum absolute atomic E-state index is 8.87. The monoisotopic (exact) mass is 327 g/mol. The smallest absolute Gasteiger partial charge is 0.119 e. The molecule has 0 saturated heterocycles. The van der Waals surface area contributed by atoms with Crippen molar-refractivity contribution in [2.24, 2.45) is 0 Å². The molecule has 0 aromatic heterocycles. The van der Waals surface area contributed by atoms with Gasteiger partial charge in [0.05, 0.1) is 26.9 Å². The normalized spacial score (nSPS) is 17.5. The molecule has 0 fully saturated rings. The van der Waals surface area contributed by atoms with Gasteiger partial charge in [0, 0.05) is 19.1 Å². The van der Waals surface area contributed by atoms with Gasteiger partial charge in [-0.05, 0) is 35.2 Å². The van der Waals surface area contributed by atoms with Gasteiger partial charge in [-0.25, -0.2) is 0 Å². The van der Waals surface area contributed by atoms with Gasteiger partial charge >= 0.3 is 0 Å². The quantitative estimate of drug-likeness (QED) is 0.794. The van der Waals surface area contributed by atoms with Crippen LogP contribution < -0.4 is 4.74 Å². The van der Waals surface area contributed by atoms with Crippen LogP contribution in [0.15, 0.2) is 48.5 Å². The van der Waals surface area contributed by atoms with Crippen LogP contribution in [0.25, 0.3) is 0 Å². The Bertz CT molecular complexity index is 645. The first-order valence-corrected chi connectivity index (χ1v) is 8.45. The molecule has 0 aliphatic carbocycles. The summed E-state index contributed by atoms with van der Waals surface area (Å²) in [5, 5.41) is 8.87. The molecule has 1 unspecified atom stereocenters. The lowest BCUT2D eigenvalue weighted by molar-refractivity contribution is 0.0570. The Hall–Kier alpha value is -1.88. The highest BCUT2D eigenvalue weighted by Gasteiger charge is 2.27. The Morgan fingerprint density at radius 1 is 1.08 bits per heavy atom. The Kier molecular flexibility index (Phi) is 5.86. The lowest BCUT2D eigenvalue weighted by atomic mass is 9.90. The van der Waals surface area contributed by atoms with Crippen molar-refractivity contribution in [1.82, 2.24) is 4.90 Å². The number of fused-ring (bicyclic) bond motifs is 1. The lowest BCUT2D eigenvalue weighted by Gasteiger charge is -2.37. The third kappa shape index (κ3) is 3.96. The zero-order valence-electron chi connectivity index (χ0n) is 14.1. The highest BCUT2D eigenvalue weighted by molar-refractivity contribution is 5.39. The van der Waals surface area contributed by atoms with Crippen LogP contribution in [0.3, 0.4) is 0 Å². The minimum absolute atomic E-state index is 0.0716. The van der Waals surface area contributed by atoms with Gasteiger partial charge < -0.3 is 14.6 Å². The Balaban J connectivity index is 1.81. The van der Waals surface area contributed by atoms with E-state index in [4.69, 9.17) is 14.6 Å². The summed E-state index contributed by atoms with van der Waals surface area (Å²) in [5.41, 5.74) is 4.04. The molecular formula is C20H25NO3. The topological polar surface area (TPSA) is 41.9 Å². The van der Waals surface area contributed by atoms with Crippen LogP contribution in [0.2, 0.25) is 0 Å². The molecule has 24 heavy (non-hydrogen) atoms. The summed E-state index contributed by atoms with van der Waals surface area (Å²) in [6.07, 6.45) is 0.989. The number of nitrogens with zero attached hydrogens (tertiary/aromatic N) is 1. The van der Waals surface area contributed by atoms with Crippen molar-refractivity contribution in [3.05, 3.63) is 65.2 Å². The maximum Gasteiger partial charge on any atom is 0.119 e. The van der Waals surface area contributed by atoms with E-state index < -0.39 is 0 Å². The molecule has 1 aliphatic heterocycles. The van der Waals surface area contributed by atoms with E-state index >= 15 is 0 Å². The summed E-state index contributed by atoms with van der Waals surface area (Å²) < 4.78 is 10.9. The van der Waals surface area contributed by atoms with Crippen LogP contribution >= 0.6 is 0 Å². The lowest BCUT2D eigenvalue weighted by Crippen LogP contribution is -2.36. The number of hydrogen-bond donors (Lipinski definition) is 1. The van der Waals surface area contributed by atoms with Gasteiger partial charge in [-0.2, -0.15) is 0 Å². The molecule has 0 radical (unpaired) electrons. The Labute approximate surface area is 143 Å². The van der Waals surface area contributed by atoms with Crippen molar-refractivity contribution in [3.8, 4) is 5.75 Å². The molecule has 2 aromatic rings. The van der Waals surface area contributed by atoms with E-state index in [1.165, 1.54) is 16.7 Å². The molecule has 0 amide bonds. The standard InChI is InChI=1S/C20H25NO3/c1-23-19-8-7-17-14-20(16-5-3-2-4-6-16)21(15-18(17)13-19)9-11-24-12-10-22/h2-8,13,20,22H,9-12,14-15H2,1H3. The molecule has 0 spiro atoms. The number of hydrogen-bond acceptors (Lipinski definition) is 4. The molecule has 0 saturated carbocycles. The van der Waals surface area contributed by atoms with Gasteiger partial charge in [0.2, 0.25) is 0 Å².